The van der Waals surface area contributed by atoms with Crippen LogP contribution in [0.3, 0.4) is 0 Å². The highest BCUT2D eigenvalue weighted by molar-refractivity contribution is 6.04. The van der Waals surface area contributed by atoms with Crippen molar-refractivity contribution in [2.24, 2.45) is 0 Å². The third-order valence-electron chi connectivity index (χ3n) is 4.51. The molecule has 8 heteroatoms. The van der Waals surface area contributed by atoms with Crippen molar-refractivity contribution in [1.82, 2.24) is 9.78 Å². The van der Waals surface area contributed by atoms with Gasteiger partial charge in [-0.1, -0.05) is 0 Å². The third-order valence-corrected chi connectivity index (χ3v) is 4.51. The molecule has 1 N–H and O–H groups in total. The predicted molar refractivity (Wildman–Crippen MR) is 105 cm³/mol. The number of carbonyl (C=O) groups is 2. The normalized spacial score (nSPS) is 11.9. The number of carbonyl (C=O) groups excluding carboxylic acids is 2. The minimum atomic E-state index is -0.399. The van der Waals surface area contributed by atoms with E-state index in [0.717, 1.165) is 5.69 Å². The summed E-state index contributed by atoms with van der Waals surface area (Å²) in [5.74, 6) is 0.530. The topological polar surface area (TPSA) is 91.7 Å². The Morgan fingerprint density at radius 2 is 1.90 bits per heavy atom. The molecule has 1 amide bonds. The zero-order valence-electron chi connectivity index (χ0n) is 16.0. The number of anilines is 1. The largest absolute Gasteiger partial charge is 0.462 e. The number of ether oxygens (including phenoxy) is 3. The lowest BCUT2D eigenvalue weighted by Gasteiger charge is -2.09. The van der Waals surface area contributed by atoms with E-state index >= 15 is 0 Å². The van der Waals surface area contributed by atoms with E-state index in [-0.39, 0.29) is 12.7 Å². The molecule has 3 aromatic rings. The van der Waals surface area contributed by atoms with Gasteiger partial charge in [-0.05, 0) is 56.3 Å². The molecule has 1 aliphatic rings. The van der Waals surface area contributed by atoms with E-state index < -0.39 is 5.97 Å². The van der Waals surface area contributed by atoms with Crippen molar-refractivity contribution in [1.29, 1.82) is 0 Å². The van der Waals surface area contributed by atoms with Crippen LogP contribution in [0.25, 0.3) is 5.69 Å². The van der Waals surface area contributed by atoms with Gasteiger partial charge in [0.05, 0.1) is 24.2 Å². The van der Waals surface area contributed by atoms with Crippen molar-refractivity contribution < 1.29 is 23.8 Å². The summed E-state index contributed by atoms with van der Waals surface area (Å²) >= 11 is 0. The molecule has 2 heterocycles. The van der Waals surface area contributed by atoms with Crippen LogP contribution in [0.5, 0.6) is 11.5 Å². The van der Waals surface area contributed by atoms with E-state index in [0.29, 0.717) is 40.6 Å². The summed E-state index contributed by atoms with van der Waals surface area (Å²) in [6.45, 7) is 4.02. The predicted octanol–water partition coefficient (Wildman–Crippen LogP) is 3.34. The third kappa shape index (κ3) is 3.64. The molecule has 0 fully saturated rings. The molecule has 29 heavy (non-hydrogen) atoms. The molecule has 0 saturated heterocycles. The molecule has 4 rings (SSSR count). The average molecular weight is 393 g/mol. The number of amides is 1. The zero-order chi connectivity index (χ0) is 20.4. The Kier molecular flexibility index (Phi) is 4.90. The van der Waals surface area contributed by atoms with Crippen LogP contribution >= 0.6 is 0 Å². The lowest BCUT2D eigenvalue weighted by atomic mass is 10.2. The lowest BCUT2D eigenvalue weighted by molar-refractivity contribution is 0.0525. The maximum absolute atomic E-state index is 12.5. The molecule has 8 nitrogen and oxygen atoms in total. The number of hydrogen-bond donors (Lipinski definition) is 1. The molecular formula is C21H19N3O5. The SMILES string of the molecule is CCOC(=O)c1cnn(-c2ccc(NC(=O)c3ccc4c(c3)OCO4)cc2)c1C. The number of nitrogens with one attached hydrogen (secondary N) is 1. The second kappa shape index (κ2) is 7.67. The minimum absolute atomic E-state index is 0.159. The van der Waals surface area contributed by atoms with Crippen LogP contribution in [0.4, 0.5) is 5.69 Å². The maximum Gasteiger partial charge on any atom is 0.341 e. The molecule has 0 saturated carbocycles. The fourth-order valence-corrected chi connectivity index (χ4v) is 3.01. The maximum atomic E-state index is 12.5. The van der Waals surface area contributed by atoms with Gasteiger partial charge in [-0.3, -0.25) is 4.79 Å². The number of nitrogens with zero attached hydrogens (tertiary/aromatic N) is 2. The summed E-state index contributed by atoms with van der Waals surface area (Å²) in [4.78, 5) is 24.4. The molecule has 0 bridgehead atoms. The highest BCUT2D eigenvalue weighted by Gasteiger charge is 2.17. The van der Waals surface area contributed by atoms with Gasteiger partial charge in [0.15, 0.2) is 11.5 Å². The van der Waals surface area contributed by atoms with Gasteiger partial charge in [0.25, 0.3) is 5.91 Å². The van der Waals surface area contributed by atoms with Crippen LogP contribution in [0.1, 0.15) is 33.3 Å². The molecule has 0 atom stereocenters. The zero-order valence-corrected chi connectivity index (χ0v) is 16.0. The quantitative estimate of drug-likeness (QED) is 0.669. The first-order chi connectivity index (χ1) is 14.1. The van der Waals surface area contributed by atoms with Crippen molar-refractivity contribution >= 4 is 17.6 Å². The number of esters is 1. The second-order valence-electron chi connectivity index (χ2n) is 6.34. The highest BCUT2D eigenvalue weighted by atomic mass is 16.7. The Morgan fingerprint density at radius 1 is 1.14 bits per heavy atom. The fraction of sp³-hybridized carbons (Fsp3) is 0.190. The van der Waals surface area contributed by atoms with Crippen LogP contribution in [0, 0.1) is 6.92 Å². The molecular weight excluding hydrogens is 374 g/mol. The van der Waals surface area contributed by atoms with E-state index in [4.69, 9.17) is 14.2 Å². The fourth-order valence-electron chi connectivity index (χ4n) is 3.01. The Balaban J connectivity index is 1.48. The molecule has 0 radical (unpaired) electrons. The van der Waals surface area contributed by atoms with Crippen LogP contribution in [-0.4, -0.2) is 35.1 Å². The summed E-state index contributed by atoms with van der Waals surface area (Å²) in [6, 6.07) is 12.2. The Labute approximate surface area is 167 Å². The summed E-state index contributed by atoms with van der Waals surface area (Å²) in [6.07, 6.45) is 1.49. The standard InChI is InChI=1S/C21H19N3O5/c1-3-27-21(26)17-11-22-24(13(17)2)16-7-5-15(6-8-16)23-20(25)14-4-9-18-19(10-14)29-12-28-18/h4-11H,3,12H2,1-2H3,(H,23,25). The number of fused-ring (bicyclic) bond motifs is 1. The van der Waals surface area contributed by atoms with Crippen LogP contribution < -0.4 is 14.8 Å². The first-order valence-electron chi connectivity index (χ1n) is 9.10. The van der Waals surface area contributed by atoms with Gasteiger partial charge in [0.2, 0.25) is 6.79 Å². The Bertz CT molecular complexity index is 1070. The van der Waals surface area contributed by atoms with Gasteiger partial charge in [0.1, 0.15) is 5.56 Å². The molecule has 2 aromatic carbocycles. The highest BCUT2D eigenvalue weighted by Crippen LogP contribution is 2.32. The van der Waals surface area contributed by atoms with Gasteiger partial charge in [-0.25, -0.2) is 9.48 Å². The van der Waals surface area contributed by atoms with E-state index in [1.165, 1.54) is 6.20 Å². The van der Waals surface area contributed by atoms with Crippen molar-refractivity contribution in [3.05, 3.63) is 65.5 Å². The van der Waals surface area contributed by atoms with Gasteiger partial charge >= 0.3 is 5.97 Å². The van der Waals surface area contributed by atoms with Crippen LogP contribution in [-0.2, 0) is 4.74 Å². The average Bonchev–Trinajstić information content (AvgIpc) is 3.34. The van der Waals surface area contributed by atoms with Crippen molar-refractivity contribution in [3.63, 3.8) is 0 Å². The molecule has 0 unspecified atom stereocenters. The van der Waals surface area contributed by atoms with Gasteiger partial charge in [0, 0.05) is 11.3 Å². The Hall–Kier alpha value is -3.81. The van der Waals surface area contributed by atoms with Crippen LogP contribution in [0.2, 0.25) is 0 Å². The monoisotopic (exact) mass is 393 g/mol. The van der Waals surface area contributed by atoms with E-state index in [1.54, 1.807) is 48.9 Å². The summed E-state index contributed by atoms with van der Waals surface area (Å²) in [5.41, 5.74) is 2.97. The summed E-state index contributed by atoms with van der Waals surface area (Å²) in [7, 11) is 0. The molecule has 148 valence electrons. The molecule has 1 aliphatic heterocycles. The number of rotatable bonds is 5. The van der Waals surface area contributed by atoms with E-state index in [2.05, 4.69) is 10.4 Å². The Morgan fingerprint density at radius 3 is 2.66 bits per heavy atom. The minimum Gasteiger partial charge on any atom is -0.462 e. The van der Waals surface area contributed by atoms with Gasteiger partial charge < -0.3 is 19.5 Å². The van der Waals surface area contributed by atoms with Crippen LogP contribution in [0.15, 0.2) is 48.7 Å². The smallest absolute Gasteiger partial charge is 0.341 e. The van der Waals surface area contributed by atoms with Crippen molar-refractivity contribution in [2.45, 2.75) is 13.8 Å². The molecule has 0 spiro atoms. The second-order valence-corrected chi connectivity index (χ2v) is 6.34. The van der Waals surface area contributed by atoms with Gasteiger partial charge in [-0.2, -0.15) is 5.10 Å². The lowest BCUT2D eigenvalue weighted by Crippen LogP contribution is -2.12. The van der Waals surface area contributed by atoms with Crippen molar-refractivity contribution in [2.75, 3.05) is 18.7 Å². The summed E-state index contributed by atoms with van der Waals surface area (Å²) < 4.78 is 17.2. The first-order valence-corrected chi connectivity index (χ1v) is 9.10. The van der Waals surface area contributed by atoms with E-state index in [1.807, 2.05) is 12.1 Å². The molecule has 1 aromatic heterocycles. The number of aromatic nitrogens is 2. The number of hydrogen-bond acceptors (Lipinski definition) is 6. The summed E-state index contributed by atoms with van der Waals surface area (Å²) in [5, 5.41) is 7.11. The van der Waals surface area contributed by atoms with E-state index in [9.17, 15) is 9.59 Å². The first kappa shape index (κ1) is 18.5. The van der Waals surface area contributed by atoms with Gasteiger partial charge in [-0.15, -0.1) is 0 Å². The molecule has 0 aliphatic carbocycles. The number of benzene rings is 2. The van der Waals surface area contributed by atoms with Crippen molar-refractivity contribution in [3.8, 4) is 17.2 Å².